The Balaban J connectivity index is 1.32. The lowest BCUT2D eigenvalue weighted by Gasteiger charge is -2.61. The van der Waals surface area contributed by atoms with Crippen LogP contribution >= 0.6 is 0 Å². The van der Waals surface area contributed by atoms with Crippen molar-refractivity contribution in [2.45, 2.75) is 83.7 Å². The van der Waals surface area contributed by atoms with Gasteiger partial charge in [-0.25, -0.2) is 0 Å². The number of carbonyl (C=O) groups excluding carboxylic acids is 1. The van der Waals surface area contributed by atoms with Gasteiger partial charge in [-0.2, -0.15) is 0 Å². The van der Waals surface area contributed by atoms with Crippen LogP contribution in [0.1, 0.15) is 83.1 Å². The standard InChI is InChI=1S/C29H40N2O2/c1-28-16-13-25(31-33-20-14-17-30-18-20)27(19-6-4-3-5-7-19)24(28)9-8-21-22-10-11-26(32)29(22,2)15-12-23(21)28/h3-7,20-24,27,30H,8-18H2,1-2H3. The van der Waals surface area contributed by atoms with Crippen LogP contribution in [0.15, 0.2) is 35.5 Å². The number of Topliss-reactive ketones (excluding diaryl/α,β-unsaturated/α-hetero) is 1. The quantitative estimate of drug-likeness (QED) is 0.601. The van der Waals surface area contributed by atoms with E-state index in [4.69, 9.17) is 9.99 Å². The van der Waals surface area contributed by atoms with Crippen LogP contribution in [0.2, 0.25) is 0 Å². The molecule has 1 aliphatic heterocycles. The molecule has 4 nitrogen and oxygen atoms in total. The third kappa shape index (κ3) is 3.42. The molecule has 1 N–H and O–H groups in total. The molecule has 0 amide bonds. The van der Waals surface area contributed by atoms with E-state index in [-0.39, 0.29) is 11.5 Å². The van der Waals surface area contributed by atoms with Gasteiger partial charge in [-0.3, -0.25) is 4.79 Å². The highest BCUT2D eigenvalue weighted by atomic mass is 16.6. The van der Waals surface area contributed by atoms with E-state index in [0.29, 0.717) is 29.0 Å². The van der Waals surface area contributed by atoms with Crippen LogP contribution in [-0.4, -0.2) is 30.7 Å². The van der Waals surface area contributed by atoms with Gasteiger partial charge in [0.25, 0.3) is 0 Å². The van der Waals surface area contributed by atoms with Crippen LogP contribution in [0.4, 0.5) is 0 Å². The van der Waals surface area contributed by atoms with Crippen molar-refractivity contribution in [1.29, 1.82) is 0 Å². The molecule has 0 bridgehead atoms. The van der Waals surface area contributed by atoms with Crippen LogP contribution in [0.5, 0.6) is 0 Å². The van der Waals surface area contributed by atoms with Crippen molar-refractivity contribution < 1.29 is 9.63 Å². The lowest BCUT2D eigenvalue weighted by atomic mass is 9.43. The number of oxime groups is 1. The van der Waals surface area contributed by atoms with E-state index < -0.39 is 0 Å². The predicted octanol–water partition coefficient (Wildman–Crippen LogP) is 5.73. The second-order valence-corrected chi connectivity index (χ2v) is 12.2. The molecule has 33 heavy (non-hydrogen) atoms. The molecule has 1 aromatic carbocycles. The van der Waals surface area contributed by atoms with Gasteiger partial charge in [0.05, 0.1) is 5.71 Å². The Hall–Kier alpha value is -1.68. The summed E-state index contributed by atoms with van der Waals surface area (Å²) in [7, 11) is 0. The zero-order valence-electron chi connectivity index (χ0n) is 20.4. The van der Waals surface area contributed by atoms with Gasteiger partial charge in [0.1, 0.15) is 11.9 Å². The summed E-state index contributed by atoms with van der Waals surface area (Å²) in [5.41, 5.74) is 2.97. The molecule has 1 saturated heterocycles. The van der Waals surface area contributed by atoms with Gasteiger partial charge in [-0.15, -0.1) is 0 Å². The summed E-state index contributed by atoms with van der Waals surface area (Å²) in [6, 6.07) is 11.1. The van der Waals surface area contributed by atoms with Gasteiger partial charge in [0, 0.05) is 30.7 Å². The van der Waals surface area contributed by atoms with Crippen molar-refractivity contribution in [2.75, 3.05) is 13.1 Å². The summed E-state index contributed by atoms with van der Waals surface area (Å²) < 4.78 is 0. The molecular weight excluding hydrogens is 408 g/mol. The molecular formula is C29H40N2O2. The molecule has 5 aliphatic rings. The fraction of sp³-hybridized carbons (Fsp3) is 0.724. The van der Waals surface area contributed by atoms with E-state index in [0.717, 1.165) is 57.0 Å². The van der Waals surface area contributed by atoms with E-state index in [2.05, 4.69) is 49.5 Å². The SMILES string of the molecule is CC12CCC3C(CCC4C(c5ccccc5)C(=NOC5CCNC5)CCC43C)C1CCC2=O. The van der Waals surface area contributed by atoms with E-state index in [1.165, 1.54) is 37.0 Å². The molecule has 178 valence electrons. The highest BCUT2D eigenvalue weighted by molar-refractivity contribution is 5.92. The van der Waals surface area contributed by atoms with Gasteiger partial charge >= 0.3 is 0 Å². The summed E-state index contributed by atoms with van der Waals surface area (Å²) in [5, 5.41) is 8.25. The van der Waals surface area contributed by atoms with Crippen molar-refractivity contribution in [3.05, 3.63) is 35.9 Å². The first-order valence-corrected chi connectivity index (χ1v) is 13.5. The van der Waals surface area contributed by atoms with Crippen molar-refractivity contribution in [2.24, 2.45) is 39.7 Å². The monoisotopic (exact) mass is 448 g/mol. The lowest BCUT2D eigenvalue weighted by molar-refractivity contribution is -0.137. The van der Waals surface area contributed by atoms with E-state index in [1.807, 2.05) is 0 Å². The lowest BCUT2D eigenvalue weighted by Crippen LogP contribution is -2.55. The fourth-order valence-electron chi connectivity index (χ4n) is 9.01. The van der Waals surface area contributed by atoms with Crippen molar-refractivity contribution in [3.63, 3.8) is 0 Å². The molecule has 4 heteroatoms. The Morgan fingerprint density at radius 1 is 0.939 bits per heavy atom. The number of carbonyl (C=O) groups is 1. The summed E-state index contributed by atoms with van der Waals surface area (Å²) >= 11 is 0. The van der Waals surface area contributed by atoms with Crippen LogP contribution in [-0.2, 0) is 9.63 Å². The number of ketones is 1. The normalized spacial score (nSPS) is 46.0. The Morgan fingerprint density at radius 3 is 2.58 bits per heavy atom. The summed E-state index contributed by atoms with van der Waals surface area (Å²) in [6.07, 6.45) is 10.3. The fourth-order valence-corrected chi connectivity index (χ4v) is 9.01. The number of hydrogen-bond acceptors (Lipinski definition) is 4. The summed E-state index contributed by atoms with van der Waals surface area (Å²) in [6.45, 7) is 6.84. The average Bonchev–Trinajstić information content (AvgIpc) is 3.45. The molecule has 8 unspecified atom stereocenters. The van der Waals surface area contributed by atoms with Crippen molar-refractivity contribution in [3.8, 4) is 0 Å². The van der Waals surface area contributed by atoms with Crippen LogP contribution in [0.3, 0.4) is 0 Å². The van der Waals surface area contributed by atoms with Gasteiger partial charge in [0.15, 0.2) is 0 Å². The number of rotatable bonds is 3. The minimum Gasteiger partial charge on any atom is -0.391 e. The molecule has 8 atom stereocenters. The second kappa shape index (κ2) is 8.22. The zero-order chi connectivity index (χ0) is 22.6. The smallest absolute Gasteiger partial charge is 0.141 e. The number of benzene rings is 1. The molecule has 1 heterocycles. The first-order valence-electron chi connectivity index (χ1n) is 13.5. The number of hydrogen-bond donors (Lipinski definition) is 1. The van der Waals surface area contributed by atoms with E-state index in [1.54, 1.807) is 0 Å². The Kier molecular flexibility index (Phi) is 5.44. The van der Waals surface area contributed by atoms with Gasteiger partial charge < -0.3 is 10.2 Å². The Morgan fingerprint density at radius 2 is 1.79 bits per heavy atom. The third-order valence-electron chi connectivity index (χ3n) is 10.8. The summed E-state index contributed by atoms with van der Waals surface area (Å²) in [4.78, 5) is 18.9. The van der Waals surface area contributed by atoms with Crippen molar-refractivity contribution >= 4 is 11.5 Å². The maximum absolute atomic E-state index is 12.8. The van der Waals surface area contributed by atoms with Crippen molar-refractivity contribution in [1.82, 2.24) is 5.32 Å². The van der Waals surface area contributed by atoms with Crippen LogP contribution in [0, 0.1) is 34.5 Å². The topological polar surface area (TPSA) is 50.7 Å². The third-order valence-corrected chi connectivity index (χ3v) is 10.8. The maximum Gasteiger partial charge on any atom is 0.141 e. The molecule has 0 radical (unpaired) electrons. The predicted molar refractivity (Wildman–Crippen MR) is 131 cm³/mol. The number of fused-ring (bicyclic) bond motifs is 5. The van der Waals surface area contributed by atoms with Gasteiger partial charge in [-0.1, -0.05) is 49.3 Å². The number of nitrogens with zero attached hydrogens (tertiary/aromatic N) is 1. The van der Waals surface area contributed by atoms with E-state index in [9.17, 15) is 4.79 Å². The first-order chi connectivity index (χ1) is 16.0. The molecule has 5 fully saturated rings. The zero-order valence-corrected chi connectivity index (χ0v) is 20.4. The minimum absolute atomic E-state index is 0.0341. The highest BCUT2D eigenvalue weighted by Crippen LogP contribution is 2.67. The van der Waals surface area contributed by atoms with Crippen LogP contribution < -0.4 is 5.32 Å². The first kappa shape index (κ1) is 21.8. The molecule has 0 spiro atoms. The molecule has 1 aromatic rings. The Bertz CT molecular complexity index is 923. The number of nitrogens with one attached hydrogen (secondary N) is 1. The second-order valence-electron chi connectivity index (χ2n) is 12.2. The highest BCUT2D eigenvalue weighted by Gasteiger charge is 2.61. The maximum atomic E-state index is 12.8. The molecule has 4 saturated carbocycles. The molecule has 0 aromatic heterocycles. The van der Waals surface area contributed by atoms with Crippen LogP contribution in [0.25, 0.3) is 0 Å². The minimum atomic E-state index is -0.0341. The molecule has 4 aliphatic carbocycles. The Labute approximate surface area is 198 Å². The summed E-state index contributed by atoms with van der Waals surface area (Å²) in [5.74, 6) is 3.61. The van der Waals surface area contributed by atoms with Gasteiger partial charge in [-0.05, 0) is 86.1 Å². The largest absolute Gasteiger partial charge is 0.391 e. The van der Waals surface area contributed by atoms with Gasteiger partial charge in [0.2, 0.25) is 0 Å². The van der Waals surface area contributed by atoms with E-state index >= 15 is 0 Å². The average molecular weight is 449 g/mol. The molecule has 6 rings (SSSR count).